The molecule has 1 aromatic rings. The molecule has 1 N–H and O–H groups in total. The largest absolute Gasteiger partial charge is 0.348 e. The van der Waals surface area contributed by atoms with Crippen molar-refractivity contribution in [2.75, 3.05) is 13.6 Å². The van der Waals surface area contributed by atoms with Crippen molar-refractivity contribution < 1.29 is 4.79 Å². The average molecular weight is 296 g/mol. The summed E-state index contributed by atoms with van der Waals surface area (Å²) in [6, 6.07) is 2.05. The smallest absolute Gasteiger partial charge is 0.271 e. The van der Waals surface area contributed by atoms with Gasteiger partial charge in [-0.15, -0.1) is 0 Å². The number of carbonyl (C=O) groups excluding carboxylic acids is 1. The van der Waals surface area contributed by atoms with Gasteiger partial charge < -0.3 is 10.2 Å². The van der Waals surface area contributed by atoms with Crippen LogP contribution in [0.15, 0.2) is 6.07 Å². The van der Waals surface area contributed by atoms with Crippen LogP contribution in [0.25, 0.3) is 0 Å². The molecular weight excluding hydrogens is 264 g/mol. The summed E-state index contributed by atoms with van der Waals surface area (Å²) in [5.41, 5.74) is 1.66. The standard InChI is InChI=1S/C12H20N4O.2C2H6/c1-9(2)13-12(17)11-7-10-8-15(3)5-4-6-16(10)14-11;2*1-2/h7,9H,4-6,8H2,1-3H3,(H,13,17);2*1-2H3. The average Bonchev–Trinajstić information content (AvgIpc) is 2.78. The molecular formula is C16H32N4O. The van der Waals surface area contributed by atoms with Crippen LogP contribution in [0, 0.1) is 0 Å². The number of rotatable bonds is 2. The van der Waals surface area contributed by atoms with E-state index in [4.69, 9.17) is 0 Å². The highest BCUT2D eigenvalue weighted by molar-refractivity contribution is 5.92. The molecule has 122 valence electrons. The zero-order chi connectivity index (χ0) is 16.4. The number of fused-ring (bicyclic) bond motifs is 1. The van der Waals surface area contributed by atoms with Crippen LogP contribution in [-0.2, 0) is 13.1 Å². The second-order valence-electron chi connectivity index (χ2n) is 4.96. The second kappa shape index (κ2) is 10.4. The molecule has 5 nitrogen and oxygen atoms in total. The van der Waals surface area contributed by atoms with Crippen LogP contribution in [0.3, 0.4) is 0 Å². The molecule has 21 heavy (non-hydrogen) atoms. The van der Waals surface area contributed by atoms with Gasteiger partial charge in [0.2, 0.25) is 0 Å². The van der Waals surface area contributed by atoms with E-state index < -0.39 is 0 Å². The predicted molar refractivity (Wildman–Crippen MR) is 88.5 cm³/mol. The fourth-order valence-electron chi connectivity index (χ4n) is 2.07. The van der Waals surface area contributed by atoms with E-state index in [1.165, 1.54) is 0 Å². The van der Waals surface area contributed by atoms with Gasteiger partial charge in [0.15, 0.2) is 0 Å². The third-order valence-electron chi connectivity index (χ3n) is 2.86. The number of hydrogen-bond donors (Lipinski definition) is 1. The highest BCUT2D eigenvalue weighted by Crippen LogP contribution is 2.12. The number of nitrogens with zero attached hydrogens (tertiary/aromatic N) is 3. The molecule has 2 rings (SSSR count). The van der Waals surface area contributed by atoms with Gasteiger partial charge in [-0.05, 0) is 33.4 Å². The normalized spacial score (nSPS) is 14.1. The Morgan fingerprint density at radius 1 is 1.24 bits per heavy atom. The van der Waals surface area contributed by atoms with E-state index in [1.54, 1.807) is 0 Å². The Labute approximate surface area is 129 Å². The minimum Gasteiger partial charge on any atom is -0.348 e. The van der Waals surface area contributed by atoms with E-state index in [9.17, 15) is 4.79 Å². The van der Waals surface area contributed by atoms with E-state index >= 15 is 0 Å². The Morgan fingerprint density at radius 3 is 2.43 bits per heavy atom. The van der Waals surface area contributed by atoms with Crippen LogP contribution in [0.1, 0.15) is 64.1 Å². The maximum absolute atomic E-state index is 11.8. The van der Waals surface area contributed by atoms with Gasteiger partial charge in [0.1, 0.15) is 5.69 Å². The van der Waals surface area contributed by atoms with E-state index in [-0.39, 0.29) is 11.9 Å². The second-order valence-corrected chi connectivity index (χ2v) is 4.96. The summed E-state index contributed by atoms with van der Waals surface area (Å²) >= 11 is 0. The van der Waals surface area contributed by atoms with E-state index in [1.807, 2.05) is 52.3 Å². The van der Waals surface area contributed by atoms with Gasteiger partial charge in [-0.25, -0.2) is 0 Å². The Balaban J connectivity index is 0.000000921. The Bertz CT molecular complexity index is 412. The highest BCUT2D eigenvalue weighted by atomic mass is 16.2. The van der Waals surface area contributed by atoms with E-state index in [0.29, 0.717) is 5.69 Å². The van der Waals surface area contributed by atoms with Crippen LogP contribution < -0.4 is 5.32 Å². The quantitative estimate of drug-likeness (QED) is 0.913. The van der Waals surface area contributed by atoms with Gasteiger partial charge in [-0.1, -0.05) is 27.7 Å². The van der Waals surface area contributed by atoms with Crippen molar-refractivity contribution in [1.29, 1.82) is 0 Å². The van der Waals surface area contributed by atoms with Gasteiger partial charge in [0.05, 0.1) is 5.69 Å². The molecule has 5 heteroatoms. The molecule has 0 radical (unpaired) electrons. The number of aryl methyl sites for hydroxylation is 1. The monoisotopic (exact) mass is 296 g/mol. The zero-order valence-electron chi connectivity index (χ0n) is 14.7. The van der Waals surface area contributed by atoms with E-state index in [2.05, 4.69) is 22.4 Å². The van der Waals surface area contributed by atoms with Crippen LogP contribution in [0.2, 0.25) is 0 Å². The summed E-state index contributed by atoms with van der Waals surface area (Å²) in [4.78, 5) is 14.1. The van der Waals surface area contributed by atoms with Gasteiger partial charge in [-0.2, -0.15) is 5.10 Å². The summed E-state index contributed by atoms with van der Waals surface area (Å²) in [6.07, 6.45) is 1.08. The Kier molecular flexibility index (Phi) is 9.71. The highest BCUT2D eigenvalue weighted by Gasteiger charge is 2.17. The van der Waals surface area contributed by atoms with Crippen molar-refractivity contribution in [3.8, 4) is 0 Å². The lowest BCUT2D eigenvalue weighted by Crippen LogP contribution is -2.30. The van der Waals surface area contributed by atoms with E-state index in [0.717, 1.165) is 31.7 Å². The number of hydrogen-bond acceptors (Lipinski definition) is 3. The third kappa shape index (κ3) is 6.29. The molecule has 0 fully saturated rings. The first-order valence-electron chi connectivity index (χ1n) is 8.12. The first-order valence-corrected chi connectivity index (χ1v) is 8.12. The van der Waals surface area contributed by atoms with Crippen molar-refractivity contribution in [3.05, 3.63) is 17.5 Å². The first-order chi connectivity index (χ1) is 10.1. The van der Waals surface area contributed by atoms with Crippen LogP contribution in [0.4, 0.5) is 0 Å². The minimum absolute atomic E-state index is 0.0803. The molecule has 0 bridgehead atoms. The van der Waals surface area contributed by atoms with Crippen molar-refractivity contribution in [2.45, 2.75) is 67.1 Å². The number of aromatic nitrogens is 2. The molecule has 0 spiro atoms. The fraction of sp³-hybridized carbons (Fsp3) is 0.750. The fourth-order valence-corrected chi connectivity index (χ4v) is 2.07. The molecule has 0 saturated heterocycles. The molecule has 0 aromatic carbocycles. The van der Waals surface area contributed by atoms with Crippen molar-refractivity contribution in [3.63, 3.8) is 0 Å². The number of nitrogens with one attached hydrogen (secondary N) is 1. The lowest BCUT2D eigenvalue weighted by molar-refractivity contribution is 0.0937. The topological polar surface area (TPSA) is 50.2 Å². The summed E-state index contributed by atoms with van der Waals surface area (Å²) in [5, 5.41) is 7.24. The number of carbonyl (C=O) groups is 1. The van der Waals surface area contributed by atoms with Gasteiger partial charge in [0, 0.05) is 25.7 Å². The molecule has 1 amide bonds. The Hall–Kier alpha value is -1.36. The molecule has 0 unspecified atom stereocenters. The van der Waals surface area contributed by atoms with Crippen molar-refractivity contribution in [1.82, 2.24) is 20.0 Å². The van der Waals surface area contributed by atoms with Gasteiger partial charge >= 0.3 is 0 Å². The van der Waals surface area contributed by atoms with Crippen molar-refractivity contribution >= 4 is 5.91 Å². The molecule has 1 aliphatic heterocycles. The molecule has 0 atom stereocenters. The molecule has 1 aliphatic rings. The predicted octanol–water partition coefficient (Wildman–Crippen LogP) is 2.91. The zero-order valence-corrected chi connectivity index (χ0v) is 14.7. The first kappa shape index (κ1) is 19.6. The molecule has 2 heterocycles. The lowest BCUT2D eigenvalue weighted by atomic mass is 10.3. The van der Waals surface area contributed by atoms with Crippen LogP contribution >= 0.6 is 0 Å². The SMILES string of the molecule is CC.CC.CC(C)NC(=O)c1cc2n(n1)CCCN(C)C2. The van der Waals surface area contributed by atoms with Crippen LogP contribution in [0.5, 0.6) is 0 Å². The maximum atomic E-state index is 11.8. The lowest BCUT2D eigenvalue weighted by Gasteiger charge is -2.10. The summed E-state index contributed by atoms with van der Waals surface area (Å²) in [7, 11) is 2.09. The van der Waals surface area contributed by atoms with Crippen LogP contribution in [-0.4, -0.2) is 40.2 Å². The maximum Gasteiger partial charge on any atom is 0.271 e. The molecule has 0 saturated carbocycles. The molecule has 1 aromatic heterocycles. The summed E-state index contributed by atoms with van der Waals surface area (Å²) < 4.78 is 1.96. The molecule has 0 aliphatic carbocycles. The summed E-state index contributed by atoms with van der Waals surface area (Å²) in [6.45, 7) is 14.7. The van der Waals surface area contributed by atoms with Gasteiger partial charge in [-0.3, -0.25) is 9.48 Å². The minimum atomic E-state index is -0.0803. The third-order valence-corrected chi connectivity index (χ3v) is 2.86. The Morgan fingerprint density at radius 2 is 1.86 bits per heavy atom. The van der Waals surface area contributed by atoms with Crippen molar-refractivity contribution in [2.24, 2.45) is 0 Å². The van der Waals surface area contributed by atoms with Gasteiger partial charge in [0.25, 0.3) is 5.91 Å². The summed E-state index contributed by atoms with van der Waals surface area (Å²) in [5.74, 6) is -0.0803. The number of amides is 1.